The Morgan fingerprint density at radius 3 is 2.54 bits per heavy atom. The summed E-state index contributed by atoms with van der Waals surface area (Å²) in [4.78, 5) is 10.0. The summed E-state index contributed by atoms with van der Waals surface area (Å²) in [6.45, 7) is 6.39. The zero-order valence-electron chi connectivity index (χ0n) is 14.8. The van der Waals surface area contributed by atoms with E-state index in [1.807, 2.05) is 0 Å². The fourth-order valence-electron chi connectivity index (χ4n) is 3.18. The highest BCUT2D eigenvalue weighted by Crippen LogP contribution is 2.39. The second-order valence-corrected chi connectivity index (χ2v) is 8.56. The van der Waals surface area contributed by atoms with Crippen LogP contribution in [0.3, 0.4) is 0 Å². The molecule has 0 unspecified atom stereocenters. The number of nitrogens with zero attached hydrogens (tertiary/aromatic N) is 2. The van der Waals surface area contributed by atoms with Crippen LogP contribution in [0.5, 0.6) is 0 Å². The van der Waals surface area contributed by atoms with E-state index in [9.17, 15) is 0 Å². The monoisotopic (exact) mass is 471 g/mol. The summed E-state index contributed by atoms with van der Waals surface area (Å²) in [5.74, 6) is 0.857. The molecule has 0 fully saturated rings. The molecule has 0 amide bonds. The Kier molecular flexibility index (Phi) is 4.67. The highest BCUT2D eigenvalue weighted by atomic mass is 127. The molecule has 0 radical (unpaired) electrons. The van der Waals surface area contributed by atoms with E-state index in [-0.39, 0.29) is 0 Å². The number of aromatic nitrogens is 2. The lowest BCUT2D eigenvalue weighted by molar-refractivity contribution is 1.22. The maximum absolute atomic E-state index is 4.55. The molecule has 0 saturated heterocycles. The van der Waals surface area contributed by atoms with Gasteiger partial charge in [-0.15, -0.1) is 11.3 Å². The van der Waals surface area contributed by atoms with E-state index in [1.54, 1.807) is 17.7 Å². The van der Waals surface area contributed by atoms with Gasteiger partial charge in [-0.1, -0.05) is 23.8 Å². The first kappa shape index (κ1) is 17.4. The largest absolute Gasteiger partial charge is 0.339 e. The van der Waals surface area contributed by atoms with Gasteiger partial charge in [0.25, 0.3) is 0 Å². The Balaban J connectivity index is 1.87. The van der Waals surface area contributed by atoms with Crippen LogP contribution in [0, 0.1) is 24.3 Å². The summed E-state index contributed by atoms with van der Waals surface area (Å²) in [5.41, 5.74) is 7.24. The van der Waals surface area contributed by atoms with Gasteiger partial charge < -0.3 is 5.32 Å². The zero-order chi connectivity index (χ0) is 18.3. The maximum atomic E-state index is 4.55. The number of benzene rings is 2. The SMILES string of the molecule is Cc1ccc(-c2csc3ncnc(Nc4ccc(I)cc4C)c23)c(C)c1. The number of thiophene rings is 1. The minimum absolute atomic E-state index is 0.857. The van der Waals surface area contributed by atoms with Gasteiger partial charge in [-0.3, -0.25) is 0 Å². The molecule has 1 N–H and O–H groups in total. The molecule has 0 aliphatic carbocycles. The predicted octanol–water partition coefficient (Wildman–Crippen LogP) is 6.63. The summed E-state index contributed by atoms with van der Waals surface area (Å²) < 4.78 is 1.23. The molecule has 0 spiro atoms. The van der Waals surface area contributed by atoms with Crippen molar-refractivity contribution in [1.82, 2.24) is 9.97 Å². The van der Waals surface area contributed by atoms with Crippen LogP contribution in [-0.4, -0.2) is 9.97 Å². The number of aryl methyl sites for hydroxylation is 3. The van der Waals surface area contributed by atoms with Crippen molar-refractivity contribution >= 4 is 55.6 Å². The highest BCUT2D eigenvalue weighted by Gasteiger charge is 2.15. The van der Waals surface area contributed by atoms with Crippen molar-refractivity contribution < 1.29 is 0 Å². The van der Waals surface area contributed by atoms with Gasteiger partial charge in [0.1, 0.15) is 17.0 Å². The Morgan fingerprint density at radius 1 is 0.923 bits per heavy atom. The highest BCUT2D eigenvalue weighted by molar-refractivity contribution is 14.1. The number of hydrogen-bond donors (Lipinski definition) is 1. The van der Waals surface area contributed by atoms with Gasteiger partial charge in [0.05, 0.1) is 5.39 Å². The Labute approximate surface area is 170 Å². The van der Waals surface area contributed by atoms with E-state index >= 15 is 0 Å². The lowest BCUT2D eigenvalue weighted by Gasteiger charge is -2.12. The third kappa shape index (κ3) is 3.21. The van der Waals surface area contributed by atoms with Gasteiger partial charge in [0, 0.05) is 20.2 Å². The Hall–Kier alpha value is -1.99. The van der Waals surface area contributed by atoms with Crippen molar-refractivity contribution in [2.24, 2.45) is 0 Å². The average Bonchev–Trinajstić information content (AvgIpc) is 3.02. The maximum Gasteiger partial charge on any atom is 0.143 e. The van der Waals surface area contributed by atoms with Crippen molar-refractivity contribution in [3.8, 4) is 11.1 Å². The number of fused-ring (bicyclic) bond motifs is 1. The van der Waals surface area contributed by atoms with E-state index in [2.05, 4.69) is 100 Å². The van der Waals surface area contributed by atoms with Crippen LogP contribution in [-0.2, 0) is 0 Å². The molecule has 0 atom stereocenters. The molecule has 0 saturated carbocycles. The number of halogens is 1. The molecular weight excluding hydrogens is 453 g/mol. The van der Waals surface area contributed by atoms with Gasteiger partial charge in [-0.05, 0) is 78.3 Å². The van der Waals surface area contributed by atoms with E-state index in [0.29, 0.717) is 0 Å². The lowest BCUT2D eigenvalue weighted by Crippen LogP contribution is -1.98. The molecule has 0 aliphatic heterocycles. The van der Waals surface area contributed by atoms with Gasteiger partial charge in [-0.25, -0.2) is 9.97 Å². The molecule has 4 aromatic rings. The van der Waals surface area contributed by atoms with Crippen molar-refractivity contribution in [1.29, 1.82) is 0 Å². The van der Waals surface area contributed by atoms with Gasteiger partial charge in [0.2, 0.25) is 0 Å². The molecule has 2 heterocycles. The van der Waals surface area contributed by atoms with E-state index in [1.165, 1.54) is 31.4 Å². The summed E-state index contributed by atoms with van der Waals surface area (Å²) in [5, 5.41) is 6.79. The third-order valence-corrected chi connectivity index (χ3v) is 6.04. The standard InChI is InChI=1S/C21H18IN3S/c1-12-4-6-16(13(2)8-12)17-10-26-21-19(17)20(23-11-24-21)25-18-7-5-15(22)9-14(18)3/h4-11H,1-3H3,(H,23,24,25). The molecule has 2 aromatic heterocycles. The van der Waals surface area contributed by atoms with E-state index in [4.69, 9.17) is 0 Å². The Bertz CT molecular complexity index is 1120. The smallest absolute Gasteiger partial charge is 0.143 e. The minimum atomic E-state index is 0.857. The summed E-state index contributed by atoms with van der Waals surface area (Å²) in [6, 6.07) is 12.9. The predicted molar refractivity (Wildman–Crippen MR) is 120 cm³/mol. The van der Waals surface area contributed by atoms with E-state index in [0.717, 1.165) is 21.7 Å². The fraction of sp³-hybridized carbons (Fsp3) is 0.143. The number of anilines is 2. The van der Waals surface area contributed by atoms with Gasteiger partial charge in [-0.2, -0.15) is 0 Å². The first-order valence-electron chi connectivity index (χ1n) is 8.36. The first-order chi connectivity index (χ1) is 12.5. The van der Waals surface area contributed by atoms with E-state index < -0.39 is 0 Å². The van der Waals surface area contributed by atoms with Crippen LogP contribution >= 0.6 is 33.9 Å². The average molecular weight is 471 g/mol. The van der Waals surface area contributed by atoms with Crippen LogP contribution in [0.1, 0.15) is 16.7 Å². The molecule has 26 heavy (non-hydrogen) atoms. The molecule has 4 rings (SSSR count). The molecule has 2 aromatic carbocycles. The van der Waals surface area contributed by atoms with Crippen molar-refractivity contribution in [2.45, 2.75) is 20.8 Å². The number of nitrogens with one attached hydrogen (secondary N) is 1. The van der Waals surface area contributed by atoms with Crippen LogP contribution in [0.2, 0.25) is 0 Å². The normalized spacial score (nSPS) is 11.1. The summed E-state index contributed by atoms with van der Waals surface area (Å²) >= 11 is 3.99. The quantitative estimate of drug-likeness (QED) is 0.341. The summed E-state index contributed by atoms with van der Waals surface area (Å²) in [6.07, 6.45) is 1.63. The first-order valence-corrected chi connectivity index (χ1v) is 10.3. The zero-order valence-corrected chi connectivity index (χ0v) is 17.8. The fourth-order valence-corrected chi connectivity index (χ4v) is 4.73. The molecule has 0 aliphatic rings. The topological polar surface area (TPSA) is 37.8 Å². The minimum Gasteiger partial charge on any atom is -0.339 e. The molecule has 0 bridgehead atoms. The van der Waals surface area contributed by atoms with Crippen LogP contribution in [0.25, 0.3) is 21.3 Å². The van der Waals surface area contributed by atoms with Gasteiger partial charge in [0.15, 0.2) is 0 Å². The van der Waals surface area contributed by atoms with Crippen molar-refractivity contribution in [3.05, 3.63) is 68.4 Å². The van der Waals surface area contributed by atoms with Crippen molar-refractivity contribution in [3.63, 3.8) is 0 Å². The molecular formula is C21H18IN3S. The Morgan fingerprint density at radius 2 is 1.77 bits per heavy atom. The lowest BCUT2D eigenvalue weighted by atomic mass is 9.99. The second-order valence-electron chi connectivity index (χ2n) is 6.45. The molecule has 130 valence electrons. The number of hydrogen-bond acceptors (Lipinski definition) is 4. The second kappa shape index (κ2) is 6.96. The van der Waals surface area contributed by atoms with Crippen molar-refractivity contribution in [2.75, 3.05) is 5.32 Å². The van der Waals surface area contributed by atoms with Gasteiger partial charge >= 0.3 is 0 Å². The number of rotatable bonds is 3. The molecule has 3 nitrogen and oxygen atoms in total. The molecule has 5 heteroatoms. The van der Waals surface area contributed by atoms with Crippen LogP contribution < -0.4 is 5.32 Å². The summed E-state index contributed by atoms with van der Waals surface area (Å²) in [7, 11) is 0. The third-order valence-electron chi connectivity index (χ3n) is 4.48. The van der Waals surface area contributed by atoms with Crippen LogP contribution in [0.4, 0.5) is 11.5 Å². The van der Waals surface area contributed by atoms with Crippen LogP contribution in [0.15, 0.2) is 48.1 Å².